The summed E-state index contributed by atoms with van der Waals surface area (Å²) in [7, 11) is 0.0438. The Kier molecular flexibility index (Phi) is 6.65. The van der Waals surface area contributed by atoms with Crippen LogP contribution in [0.25, 0.3) is 10.9 Å². The number of sulfonamides is 1. The van der Waals surface area contributed by atoms with Crippen LogP contribution in [0, 0.1) is 0 Å². The fraction of sp³-hybridized carbons (Fsp3) is 0.238. The number of nitrogens with zero attached hydrogens (tertiary/aromatic N) is 2. The number of rotatable bonds is 7. The van der Waals surface area contributed by atoms with Gasteiger partial charge in [-0.25, -0.2) is 13.2 Å². The third-order valence-corrected chi connectivity index (χ3v) is 6.21. The van der Waals surface area contributed by atoms with Crippen LogP contribution in [0.15, 0.2) is 42.6 Å². The highest BCUT2D eigenvalue weighted by Crippen LogP contribution is 2.39. The first-order valence-corrected chi connectivity index (χ1v) is 11.5. The normalized spacial score (nSPS) is 11.3. The molecule has 0 aliphatic rings. The molecule has 1 aromatic heterocycles. The van der Waals surface area contributed by atoms with Gasteiger partial charge in [0.25, 0.3) is 5.91 Å². The Labute approximate surface area is 190 Å². The van der Waals surface area contributed by atoms with Crippen molar-refractivity contribution >= 4 is 50.1 Å². The van der Waals surface area contributed by atoms with Gasteiger partial charge in [-0.05, 0) is 6.07 Å². The summed E-state index contributed by atoms with van der Waals surface area (Å²) in [5.41, 5.74) is 0.703. The molecule has 32 heavy (non-hydrogen) atoms. The molecule has 0 aliphatic carbocycles. The van der Waals surface area contributed by atoms with E-state index in [1.165, 1.54) is 44.2 Å². The number of esters is 1. The van der Waals surface area contributed by atoms with E-state index in [1.54, 1.807) is 24.3 Å². The van der Waals surface area contributed by atoms with Crippen LogP contribution in [-0.4, -0.2) is 59.0 Å². The molecule has 0 unspecified atom stereocenters. The minimum Gasteiger partial charge on any atom is -0.495 e. The third kappa shape index (κ3) is 4.37. The van der Waals surface area contributed by atoms with Crippen LogP contribution in [0.1, 0.15) is 15.2 Å². The maximum Gasteiger partial charge on any atom is 0.340 e. The minimum atomic E-state index is -3.93. The van der Waals surface area contributed by atoms with Crippen molar-refractivity contribution in [2.24, 2.45) is 0 Å². The molecule has 3 rings (SSSR count). The van der Waals surface area contributed by atoms with Crippen molar-refractivity contribution in [2.45, 2.75) is 0 Å². The second kappa shape index (κ2) is 9.09. The van der Waals surface area contributed by atoms with Crippen molar-refractivity contribution < 1.29 is 32.2 Å². The molecule has 3 aromatic rings. The molecule has 0 bridgehead atoms. The van der Waals surface area contributed by atoms with Gasteiger partial charge in [-0.2, -0.15) is 0 Å². The number of aromatic nitrogens is 1. The first-order valence-electron chi connectivity index (χ1n) is 9.23. The van der Waals surface area contributed by atoms with E-state index >= 15 is 0 Å². The van der Waals surface area contributed by atoms with Crippen LogP contribution in [0.5, 0.6) is 11.5 Å². The third-order valence-electron chi connectivity index (χ3n) is 4.79. The van der Waals surface area contributed by atoms with Crippen molar-refractivity contribution in [3.63, 3.8) is 0 Å². The fourth-order valence-electron chi connectivity index (χ4n) is 3.28. The van der Waals surface area contributed by atoms with E-state index in [1.807, 2.05) is 0 Å². The second-order valence-electron chi connectivity index (χ2n) is 6.74. The zero-order valence-electron chi connectivity index (χ0n) is 17.8. The number of methoxy groups -OCH3 is 3. The lowest BCUT2D eigenvalue weighted by molar-refractivity contribution is 0.0603. The predicted molar refractivity (Wildman–Crippen MR) is 121 cm³/mol. The molecule has 2 aromatic carbocycles. The molecule has 0 fully saturated rings. The summed E-state index contributed by atoms with van der Waals surface area (Å²) in [6.07, 6.45) is 2.30. The van der Waals surface area contributed by atoms with Gasteiger partial charge in [-0.1, -0.05) is 29.8 Å². The number of benzene rings is 2. The van der Waals surface area contributed by atoms with Crippen LogP contribution >= 0.6 is 11.6 Å². The number of ether oxygens (including phenoxy) is 3. The Hall–Kier alpha value is -3.24. The largest absolute Gasteiger partial charge is 0.495 e. The van der Waals surface area contributed by atoms with Gasteiger partial charge < -0.3 is 14.2 Å². The van der Waals surface area contributed by atoms with Gasteiger partial charge in [0.2, 0.25) is 10.0 Å². The van der Waals surface area contributed by atoms with Crippen LogP contribution in [0.4, 0.5) is 5.69 Å². The van der Waals surface area contributed by atoms with Crippen molar-refractivity contribution in [3.8, 4) is 11.5 Å². The molecule has 0 radical (unpaired) electrons. The van der Waals surface area contributed by atoms with Gasteiger partial charge in [-0.3, -0.25) is 13.7 Å². The fourth-order valence-corrected chi connectivity index (χ4v) is 4.35. The first-order chi connectivity index (χ1) is 15.1. The van der Waals surface area contributed by atoms with E-state index in [0.29, 0.717) is 10.9 Å². The molecule has 0 amide bonds. The highest BCUT2D eigenvalue weighted by atomic mass is 35.5. The van der Waals surface area contributed by atoms with E-state index < -0.39 is 28.4 Å². The summed E-state index contributed by atoms with van der Waals surface area (Å²) >= 11 is 6.12. The Morgan fingerprint density at radius 3 is 2.31 bits per heavy atom. The van der Waals surface area contributed by atoms with Crippen molar-refractivity contribution in [2.75, 3.05) is 38.4 Å². The Morgan fingerprint density at radius 1 is 1.06 bits per heavy atom. The molecule has 11 heteroatoms. The van der Waals surface area contributed by atoms with E-state index in [-0.39, 0.29) is 27.8 Å². The van der Waals surface area contributed by atoms with Gasteiger partial charge >= 0.3 is 5.97 Å². The summed E-state index contributed by atoms with van der Waals surface area (Å²) in [5.74, 6) is -0.862. The van der Waals surface area contributed by atoms with Gasteiger partial charge in [0.1, 0.15) is 18.0 Å². The van der Waals surface area contributed by atoms with E-state index in [4.69, 9.17) is 25.8 Å². The average molecular weight is 481 g/mol. The summed E-state index contributed by atoms with van der Waals surface area (Å²) in [6, 6.07) is 9.52. The number of carbonyl (C=O) groups excluding carboxylic acids is 2. The Balaban J connectivity index is 2.11. The lowest BCUT2D eigenvalue weighted by Crippen LogP contribution is -2.37. The smallest absolute Gasteiger partial charge is 0.340 e. The monoisotopic (exact) mass is 480 g/mol. The number of hydrogen-bond donors (Lipinski definition) is 0. The number of halogens is 1. The molecular weight excluding hydrogens is 460 g/mol. The van der Waals surface area contributed by atoms with Crippen LogP contribution in [0.2, 0.25) is 5.02 Å². The molecule has 0 N–H and O–H groups in total. The summed E-state index contributed by atoms with van der Waals surface area (Å²) in [4.78, 5) is 25.4. The maximum absolute atomic E-state index is 13.2. The average Bonchev–Trinajstić information content (AvgIpc) is 3.16. The number of carbonyl (C=O) groups is 2. The van der Waals surface area contributed by atoms with Crippen LogP contribution < -0.4 is 13.8 Å². The van der Waals surface area contributed by atoms with Gasteiger partial charge in [0.15, 0.2) is 0 Å². The number of anilines is 1. The molecule has 0 spiro atoms. The zero-order chi connectivity index (χ0) is 23.6. The van der Waals surface area contributed by atoms with Gasteiger partial charge in [0.05, 0.1) is 49.4 Å². The highest BCUT2D eigenvalue weighted by Gasteiger charge is 2.28. The van der Waals surface area contributed by atoms with Gasteiger partial charge in [0, 0.05) is 23.7 Å². The number of para-hydroxylation sites is 1. The van der Waals surface area contributed by atoms with Crippen molar-refractivity contribution in [3.05, 3.63) is 53.2 Å². The molecule has 0 saturated carbocycles. The summed E-state index contributed by atoms with van der Waals surface area (Å²) in [6.45, 7) is -0.570. The van der Waals surface area contributed by atoms with E-state index in [0.717, 1.165) is 10.6 Å². The minimum absolute atomic E-state index is 0.0780. The van der Waals surface area contributed by atoms with Gasteiger partial charge in [-0.15, -0.1) is 0 Å². The lowest BCUT2D eigenvalue weighted by atomic mass is 10.2. The standard InChI is InChI=1S/C21H21ClN2O7S/c1-29-18-10-17(19(30-2)9-15(18)22)24(32(4,27)28)12-20(25)23-11-14(21(26)31-3)13-7-5-6-8-16(13)23/h5-11H,12H2,1-4H3. The first kappa shape index (κ1) is 23.4. The molecular formula is C21H21ClN2O7S. The summed E-state index contributed by atoms with van der Waals surface area (Å²) < 4.78 is 42.6. The van der Waals surface area contributed by atoms with E-state index in [9.17, 15) is 18.0 Å². The molecule has 1 heterocycles. The Morgan fingerprint density at radius 2 is 1.72 bits per heavy atom. The second-order valence-corrected chi connectivity index (χ2v) is 9.06. The molecule has 0 atom stereocenters. The SMILES string of the molecule is COC(=O)c1cn(C(=O)CN(c2cc(OC)c(Cl)cc2OC)S(C)(=O)=O)c2ccccc12. The molecule has 9 nitrogen and oxygen atoms in total. The molecule has 170 valence electrons. The van der Waals surface area contributed by atoms with Crippen LogP contribution in [0.3, 0.4) is 0 Å². The van der Waals surface area contributed by atoms with E-state index in [2.05, 4.69) is 0 Å². The number of fused-ring (bicyclic) bond motifs is 1. The molecule has 0 aliphatic heterocycles. The maximum atomic E-state index is 13.2. The van der Waals surface area contributed by atoms with Crippen LogP contribution in [-0.2, 0) is 14.8 Å². The molecule has 0 saturated heterocycles. The highest BCUT2D eigenvalue weighted by molar-refractivity contribution is 7.92. The summed E-state index contributed by atoms with van der Waals surface area (Å²) in [5, 5.41) is 0.719. The number of hydrogen-bond acceptors (Lipinski definition) is 7. The Bertz CT molecular complexity index is 1300. The topological polar surface area (TPSA) is 104 Å². The quantitative estimate of drug-likeness (QED) is 0.478. The zero-order valence-corrected chi connectivity index (χ0v) is 19.4. The van der Waals surface area contributed by atoms with Crippen molar-refractivity contribution in [1.29, 1.82) is 0 Å². The lowest BCUT2D eigenvalue weighted by Gasteiger charge is -2.24. The van der Waals surface area contributed by atoms with Crippen molar-refractivity contribution in [1.82, 2.24) is 4.57 Å². The predicted octanol–water partition coefficient (Wildman–Crippen LogP) is 3.20.